The van der Waals surface area contributed by atoms with Crippen LogP contribution in [0.15, 0.2) is 0 Å². The minimum absolute atomic E-state index is 0.681. The predicted molar refractivity (Wildman–Crippen MR) is 42.0 cm³/mol. The highest BCUT2D eigenvalue weighted by molar-refractivity contribution is 7.94. The molecule has 0 spiro atoms. The molecule has 1 saturated heterocycles. The van der Waals surface area contributed by atoms with Crippen LogP contribution in [0.25, 0.3) is 0 Å². The minimum atomic E-state index is 0.681. The molecule has 0 aliphatic carbocycles. The van der Waals surface area contributed by atoms with Crippen LogP contribution in [0.4, 0.5) is 0 Å². The number of nitrogens with zero attached hydrogens (tertiary/aromatic N) is 2. The van der Waals surface area contributed by atoms with Crippen LogP contribution >= 0.6 is 12.1 Å². The van der Waals surface area contributed by atoms with E-state index >= 15 is 0 Å². The Morgan fingerprint density at radius 1 is 1.00 bits per heavy atom. The summed E-state index contributed by atoms with van der Waals surface area (Å²) in [5, 5.41) is 0. The molecule has 1 heterocycles. The van der Waals surface area contributed by atoms with Crippen molar-refractivity contribution in [3.8, 4) is 0 Å². The lowest BCUT2D eigenvalue weighted by molar-refractivity contribution is 0.344. The fourth-order valence-corrected chi connectivity index (χ4v) is 2.02. The average Bonchev–Trinajstić information content (AvgIpc) is 1.98. The molecule has 3 heteroatoms. The van der Waals surface area contributed by atoms with Gasteiger partial charge in [0, 0.05) is 24.2 Å². The maximum absolute atomic E-state index is 2.28. The largest absolute Gasteiger partial charge is 0.236 e. The number of hydrogen-bond donors (Lipinski definition) is 0. The summed E-state index contributed by atoms with van der Waals surface area (Å²) in [6, 6.07) is 1.36. The van der Waals surface area contributed by atoms with Gasteiger partial charge in [-0.25, -0.2) is 8.61 Å². The summed E-state index contributed by atoms with van der Waals surface area (Å²) in [7, 11) is 4.27. The molecule has 1 aliphatic heterocycles. The van der Waals surface area contributed by atoms with Gasteiger partial charge in [0.2, 0.25) is 0 Å². The highest BCUT2D eigenvalue weighted by Crippen LogP contribution is 2.29. The lowest BCUT2D eigenvalue weighted by Crippen LogP contribution is -2.29. The second kappa shape index (κ2) is 2.48. The molecule has 2 nitrogen and oxygen atoms in total. The van der Waals surface area contributed by atoms with Crippen molar-refractivity contribution in [2.75, 3.05) is 14.1 Å². The Bertz CT molecular complexity index is 95.2. The van der Waals surface area contributed by atoms with Crippen molar-refractivity contribution in [3.63, 3.8) is 0 Å². The zero-order valence-corrected chi connectivity index (χ0v) is 7.27. The van der Waals surface area contributed by atoms with Gasteiger partial charge in [0.1, 0.15) is 0 Å². The lowest BCUT2D eigenvalue weighted by atomic mass is 10.2. The molecule has 1 rings (SSSR count). The second-order valence-corrected chi connectivity index (χ2v) is 3.97. The fourth-order valence-electron chi connectivity index (χ4n) is 0.959. The van der Waals surface area contributed by atoms with Gasteiger partial charge >= 0.3 is 0 Å². The lowest BCUT2D eigenvalue weighted by Gasteiger charge is -2.14. The van der Waals surface area contributed by atoms with Crippen LogP contribution in [0.3, 0.4) is 0 Å². The van der Waals surface area contributed by atoms with E-state index in [1.165, 1.54) is 0 Å². The van der Waals surface area contributed by atoms with Gasteiger partial charge in [-0.05, 0) is 27.9 Å². The molecule has 9 heavy (non-hydrogen) atoms. The molecule has 0 aromatic carbocycles. The van der Waals surface area contributed by atoms with Crippen molar-refractivity contribution in [2.45, 2.75) is 25.9 Å². The highest BCUT2D eigenvalue weighted by atomic mass is 32.2. The van der Waals surface area contributed by atoms with Crippen molar-refractivity contribution < 1.29 is 0 Å². The third-order valence-electron chi connectivity index (χ3n) is 2.10. The Kier molecular flexibility index (Phi) is 2.03. The molecule has 2 unspecified atom stereocenters. The van der Waals surface area contributed by atoms with Gasteiger partial charge in [0.15, 0.2) is 0 Å². The smallest absolute Gasteiger partial charge is 0.0345 e. The summed E-state index contributed by atoms with van der Waals surface area (Å²) in [5.41, 5.74) is 0. The molecule has 54 valence electrons. The Labute approximate surface area is 61.5 Å². The summed E-state index contributed by atoms with van der Waals surface area (Å²) in [4.78, 5) is 0. The van der Waals surface area contributed by atoms with E-state index in [1.54, 1.807) is 12.1 Å². The van der Waals surface area contributed by atoms with Crippen molar-refractivity contribution in [2.24, 2.45) is 0 Å². The quantitative estimate of drug-likeness (QED) is 0.474. The first-order valence-electron chi connectivity index (χ1n) is 3.26. The standard InChI is InChI=1S/C6H14N2S/c1-5-6(2)8(4)9-7(5)3/h5-6H,1-4H3. The Hall–Kier alpha value is 0.270. The molecular weight excluding hydrogens is 132 g/mol. The Morgan fingerprint density at radius 2 is 1.33 bits per heavy atom. The second-order valence-electron chi connectivity index (χ2n) is 2.66. The van der Waals surface area contributed by atoms with Crippen molar-refractivity contribution in [3.05, 3.63) is 0 Å². The van der Waals surface area contributed by atoms with E-state index in [0.29, 0.717) is 12.1 Å². The van der Waals surface area contributed by atoms with Gasteiger partial charge < -0.3 is 0 Å². The summed E-state index contributed by atoms with van der Waals surface area (Å²) in [5.74, 6) is 0. The maximum Gasteiger partial charge on any atom is 0.0345 e. The van der Waals surface area contributed by atoms with Crippen LogP contribution in [0.5, 0.6) is 0 Å². The SMILES string of the molecule is CC1C(C)N(C)SN1C. The van der Waals surface area contributed by atoms with E-state index in [2.05, 4.69) is 36.6 Å². The van der Waals surface area contributed by atoms with Crippen molar-refractivity contribution in [1.29, 1.82) is 0 Å². The maximum atomic E-state index is 2.28. The Morgan fingerprint density at radius 3 is 1.44 bits per heavy atom. The van der Waals surface area contributed by atoms with Crippen molar-refractivity contribution in [1.82, 2.24) is 8.61 Å². The molecule has 0 aromatic heterocycles. The van der Waals surface area contributed by atoms with Gasteiger partial charge in [-0.15, -0.1) is 0 Å². The van der Waals surface area contributed by atoms with Crippen LogP contribution in [-0.2, 0) is 0 Å². The van der Waals surface area contributed by atoms with E-state index in [1.807, 2.05) is 0 Å². The summed E-state index contributed by atoms with van der Waals surface area (Å²) >= 11 is 1.80. The molecule has 0 amide bonds. The third kappa shape index (κ3) is 1.23. The van der Waals surface area contributed by atoms with Crippen LogP contribution < -0.4 is 0 Å². The normalized spacial score (nSPS) is 40.0. The number of hydrogen-bond acceptors (Lipinski definition) is 3. The minimum Gasteiger partial charge on any atom is -0.236 e. The van der Waals surface area contributed by atoms with E-state index in [4.69, 9.17) is 0 Å². The molecule has 1 fully saturated rings. The zero-order valence-electron chi connectivity index (χ0n) is 6.46. The Balaban J connectivity index is 2.54. The fraction of sp³-hybridized carbons (Fsp3) is 1.00. The third-order valence-corrected chi connectivity index (χ3v) is 3.28. The summed E-state index contributed by atoms with van der Waals surface area (Å²) in [6.45, 7) is 4.50. The highest BCUT2D eigenvalue weighted by Gasteiger charge is 2.29. The molecular formula is C6H14N2S. The zero-order chi connectivity index (χ0) is 7.02. The molecule has 1 aliphatic rings. The van der Waals surface area contributed by atoms with E-state index in [0.717, 1.165) is 0 Å². The average molecular weight is 146 g/mol. The topological polar surface area (TPSA) is 6.48 Å². The monoisotopic (exact) mass is 146 g/mol. The molecule has 0 bridgehead atoms. The predicted octanol–water partition coefficient (Wildman–Crippen LogP) is 1.20. The molecule has 0 N–H and O–H groups in total. The van der Waals surface area contributed by atoms with Gasteiger partial charge in [0.25, 0.3) is 0 Å². The van der Waals surface area contributed by atoms with Crippen molar-refractivity contribution >= 4 is 12.1 Å². The van der Waals surface area contributed by atoms with E-state index < -0.39 is 0 Å². The van der Waals surface area contributed by atoms with Gasteiger partial charge in [-0.1, -0.05) is 0 Å². The van der Waals surface area contributed by atoms with Crippen LogP contribution in [0.1, 0.15) is 13.8 Å². The molecule has 2 atom stereocenters. The van der Waals surface area contributed by atoms with Crippen LogP contribution in [0, 0.1) is 0 Å². The van der Waals surface area contributed by atoms with Crippen LogP contribution in [0.2, 0.25) is 0 Å². The number of likely N-dealkylation sites (N-methyl/N-ethyl adjacent to an activating group) is 2. The molecule has 0 saturated carbocycles. The van der Waals surface area contributed by atoms with Crippen LogP contribution in [-0.4, -0.2) is 34.8 Å². The first-order valence-corrected chi connectivity index (χ1v) is 3.99. The van der Waals surface area contributed by atoms with Gasteiger partial charge in [0.05, 0.1) is 0 Å². The van der Waals surface area contributed by atoms with Gasteiger partial charge in [-0.3, -0.25) is 0 Å². The first kappa shape index (κ1) is 7.38. The van der Waals surface area contributed by atoms with E-state index in [9.17, 15) is 0 Å². The van der Waals surface area contributed by atoms with E-state index in [-0.39, 0.29) is 0 Å². The molecule has 0 aromatic rings. The summed E-state index contributed by atoms with van der Waals surface area (Å²) in [6.07, 6.45) is 0. The molecule has 0 radical (unpaired) electrons. The van der Waals surface area contributed by atoms with Gasteiger partial charge in [-0.2, -0.15) is 0 Å². The summed E-state index contributed by atoms with van der Waals surface area (Å²) < 4.78 is 4.56. The first-order chi connectivity index (χ1) is 4.13. The number of rotatable bonds is 0.